The first-order chi connectivity index (χ1) is 8.19. The van der Waals surface area contributed by atoms with Crippen LogP contribution in [0, 0.1) is 11.3 Å². The van der Waals surface area contributed by atoms with E-state index in [0.717, 1.165) is 0 Å². The van der Waals surface area contributed by atoms with E-state index in [0.29, 0.717) is 21.7 Å². The van der Waals surface area contributed by atoms with Gasteiger partial charge in [0.25, 0.3) is 0 Å². The minimum Gasteiger partial charge on any atom is -0.438 e. The largest absolute Gasteiger partial charge is 0.438 e. The van der Waals surface area contributed by atoms with Crippen LogP contribution in [-0.4, -0.2) is 9.97 Å². The van der Waals surface area contributed by atoms with Crippen LogP contribution in [0.2, 0.25) is 5.28 Å². The van der Waals surface area contributed by atoms with Gasteiger partial charge in [-0.3, -0.25) is 0 Å². The fraction of sp³-hybridized carbons (Fsp3) is 0. The molecule has 0 aliphatic heterocycles. The molecule has 0 amide bonds. The molecule has 0 unspecified atom stereocenters. The molecule has 0 spiro atoms. The summed E-state index contributed by atoms with van der Waals surface area (Å²) in [7, 11) is 0. The lowest BCUT2D eigenvalue weighted by Crippen LogP contribution is -1.91. The summed E-state index contributed by atoms with van der Waals surface area (Å²) in [4.78, 5) is 7.72. The summed E-state index contributed by atoms with van der Waals surface area (Å²) < 4.78 is 6.09. The predicted octanol–water partition coefficient (Wildman–Crippen LogP) is 3.56. The second-order valence-corrected chi connectivity index (χ2v) is 4.23. The number of benzene rings is 1. The molecule has 0 saturated heterocycles. The Labute approximate surface area is 111 Å². The standard InChI is InChI=1S/C11H5BrClN3O/c12-9-6-15-11(13)16-10(9)17-8-3-1-2-7(4-8)5-14/h1-4,6H. The van der Waals surface area contributed by atoms with Crippen molar-refractivity contribution in [1.82, 2.24) is 9.97 Å². The summed E-state index contributed by atoms with van der Waals surface area (Å²) in [6, 6.07) is 8.78. The SMILES string of the molecule is N#Cc1cccc(Oc2nc(Cl)ncc2Br)c1. The molecule has 2 rings (SSSR count). The van der Waals surface area contributed by atoms with Crippen molar-refractivity contribution in [3.05, 3.63) is 45.8 Å². The summed E-state index contributed by atoms with van der Waals surface area (Å²) in [6.07, 6.45) is 1.50. The molecule has 2 aromatic rings. The Morgan fingerprint density at radius 2 is 2.24 bits per heavy atom. The van der Waals surface area contributed by atoms with Crippen molar-refractivity contribution in [2.45, 2.75) is 0 Å². The third-order valence-corrected chi connectivity index (χ3v) is 2.59. The van der Waals surface area contributed by atoms with E-state index in [1.807, 2.05) is 6.07 Å². The van der Waals surface area contributed by atoms with E-state index < -0.39 is 0 Å². The maximum Gasteiger partial charge on any atom is 0.237 e. The number of hydrogen-bond acceptors (Lipinski definition) is 4. The van der Waals surface area contributed by atoms with Crippen molar-refractivity contribution >= 4 is 27.5 Å². The zero-order chi connectivity index (χ0) is 12.3. The van der Waals surface area contributed by atoms with E-state index >= 15 is 0 Å². The molecule has 1 heterocycles. The summed E-state index contributed by atoms with van der Waals surface area (Å²) in [5.74, 6) is 0.819. The summed E-state index contributed by atoms with van der Waals surface area (Å²) in [6.45, 7) is 0. The second-order valence-electron chi connectivity index (χ2n) is 3.03. The minimum absolute atomic E-state index is 0.0969. The van der Waals surface area contributed by atoms with Gasteiger partial charge < -0.3 is 4.74 Å². The quantitative estimate of drug-likeness (QED) is 0.796. The van der Waals surface area contributed by atoms with Gasteiger partial charge >= 0.3 is 0 Å². The molecule has 17 heavy (non-hydrogen) atoms. The normalized spacial score (nSPS) is 9.71. The molecule has 0 saturated carbocycles. The lowest BCUT2D eigenvalue weighted by atomic mass is 10.2. The van der Waals surface area contributed by atoms with Crippen LogP contribution in [0.1, 0.15) is 5.56 Å². The highest BCUT2D eigenvalue weighted by Gasteiger charge is 2.06. The van der Waals surface area contributed by atoms with Gasteiger partial charge in [-0.15, -0.1) is 0 Å². The third kappa shape index (κ3) is 2.93. The van der Waals surface area contributed by atoms with Crippen LogP contribution in [-0.2, 0) is 0 Å². The van der Waals surface area contributed by atoms with Gasteiger partial charge in [-0.1, -0.05) is 6.07 Å². The first kappa shape index (κ1) is 11.8. The van der Waals surface area contributed by atoms with Crippen LogP contribution in [0.25, 0.3) is 0 Å². The Morgan fingerprint density at radius 3 is 3.00 bits per heavy atom. The molecule has 0 atom stereocenters. The van der Waals surface area contributed by atoms with Crippen LogP contribution in [0.5, 0.6) is 11.6 Å². The summed E-state index contributed by atoms with van der Waals surface area (Å²) >= 11 is 8.92. The van der Waals surface area contributed by atoms with Gasteiger partial charge in [0.1, 0.15) is 5.75 Å². The van der Waals surface area contributed by atoms with Gasteiger partial charge in [0.2, 0.25) is 11.2 Å². The molecule has 0 radical (unpaired) electrons. The second kappa shape index (κ2) is 5.13. The van der Waals surface area contributed by atoms with E-state index in [4.69, 9.17) is 21.6 Å². The number of ether oxygens (including phenoxy) is 1. The van der Waals surface area contributed by atoms with Crippen molar-refractivity contribution in [3.8, 4) is 17.7 Å². The third-order valence-electron chi connectivity index (χ3n) is 1.86. The Kier molecular flexibility index (Phi) is 3.57. The monoisotopic (exact) mass is 309 g/mol. The minimum atomic E-state index is 0.0969. The van der Waals surface area contributed by atoms with Gasteiger partial charge in [0, 0.05) is 6.20 Å². The van der Waals surface area contributed by atoms with Crippen LogP contribution in [0.3, 0.4) is 0 Å². The number of aromatic nitrogens is 2. The Bertz CT molecular complexity index is 598. The van der Waals surface area contributed by atoms with Crippen LogP contribution < -0.4 is 4.74 Å². The number of rotatable bonds is 2. The number of halogens is 2. The molecular weight excluding hydrogens is 305 g/mol. The average Bonchev–Trinajstić information content (AvgIpc) is 2.34. The number of nitrogens with zero attached hydrogens (tertiary/aromatic N) is 3. The fourth-order valence-electron chi connectivity index (χ4n) is 1.14. The predicted molar refractivity (Wildman–Crippen MR) is 66.0 cm³/mol. The molecule has 4 nitrogen and oxygen atoms in total. The van der Waals surface area contributed by atoms with Gasteiger partial charge in [-0.25, -0.2) is 4.98 Å². The van der Waals surface area contributed by atoms with Crippen molar-refractivity contribution in [2.24, 2.45) is 0 Å². The van der Waals surface area contributed by atoms with Crippen molar-refractivity contribution in [2.75, 3.05) is 0 Å². The fourth-order valence-corrected chi connectivity index (χ4v) is 1.54. The highest BCUT2D eigenvalue weighted by atomic mass is 79.9. The lowest BCUT2D eigenvalue weighted by molar-refractivity contribution is 0.458. The van der Waals surface area contributed by atoms with Crippen molar-refractivity contribution < 1.29 is 4.74 Å². The van der Waals surface area contributed by atoms with Crippen LogP contribution in [0.4, 0.5) is 0 Å². The van der Waals surface area contributed by atoms with Gasteiger partial charge in [-0.2, -0.15) is 10.2 Å². The highest BCUT2D eigenvalue weighted by molar-refractivity contribution is 9.10. The highest BCUT2D eigenvalue weighted by Crippen LogP contribution is 2.28. The van der Waals surface area contributed by atoms with E-state index in [1.165, 1.54) is 6.20 Å². The van der Waals surface area contributed by atoms with E-state index in [2.05, 4.69) is 25.9 Å². The van der Waals surface area contributed by atoms with Gasteiger partial charge in [-0.05, 0) is 45.7 Å². The topological polar surface area (TPSA) is 58.8 Å². The van der Waals surface area contributed by atoms with E-state index in [-0.39, 0.29) is 5.28 Å². The number of nitriles is 1. The molecule has 0 fully saturated rings. The zero-order valence-corrected chi connectivity index (χ0v) is 10.7. The molecular formula is C11H5BrClN3O. The zero-order valence-electron chi connectivity index (χ0n) is 8.39. The molecule has 0 aliphatic carbocycles. The van der Waals surface area contributed by atoms with E-state index in [1.54, 1.807) is 24.3 Å². The molecule has 6 heteroatoms. The maximum atomic E-state index is 8.77. The van der Waals surface area contributed by atoms with Gasteiger partial charge in [0.15, 0.2) is 0 Å². The van der Waals surface area contributed by atoms with Crippen LogP contribution in [0.15, 0.2) is 34.9 Å². The molecule has 0 bridgehead atoms. The molecule has 84 valence electrons. The maximum absolute atomic E-state index is 8.77. The van der Waals surface area contributed by atoms with Crippen molar-refractivity contribution in [3.63, 3.8) is 0 Å². The summed E-state index contributed by atoms with van der Waals surface area (Å²) in [5.41, 5.74) is 0.513. The smallest absolute Gasteiger partial charge is 0.237 e. The molecule has 1 aromatic carbocycles. The number of hydrogen-bond donors (Lipinski definition) is 0. The Morgan fingerprint density at radius 1 is 1.41 bits per heavy atom. The molecule has 0 aliphatic rings. The average molecular weight is 311 g/mol. The van der Waals surface area contributed by atoms with Crippen molar-refractivity contribution in [1.29, 1.82) is 5.26 Å². The van der Waals surface area contributed by atoms with E-state index in [9.17, 15) is 0 Å². The first-order valence-electron chi connectivity index (χ1n) is 4.55. The molecule has 1 aromatic heterocycles. The molecule has 0 N–H and O–H groups in total. The lowest BCUT2D eigenvalue weighted by Gasteiger charge is -2.06. The van der Waals surface area contributed by atoms with Crippen LogP contribution >= 0.6 is 27.5 Å². The Balaban J connectivity index is 2.31. The van der Waals surface area contributed by atoms with Gasteiger partial charge in [0.05, 0.1) is 16.1 Å². The summed E-state index contributed by atoms with van der Waals surface area (Å²) in [5, 5.41) is 8.86. The first-order valence-corrected chi connectivity index (χ1v) is 5.72. The Hall–Kier alpha value is -1.64.